The maximum Gasteiger partial charge on any atom is 0.270 e. The Bertz CT molecular complexity index is 1250. The molecule has 4 rings (SSSR count). The van der Waals surface area contributed by atoms with E-state index >= 15 is 0 Å². The Balaban J connectivity index is 1.73. The maximum absolute atomic E-state index is 13.0. The highest BCUT2D eigenvalue weighted by atomic mass is 32.2. The zero-order chi connectivity index (χ0) is 20.4. The molecule has 0 aliphatic carbocycles. The summed E-state index contributed by atoms with van der Waals surface area (Å²) in [6, 6.07) is 16.1. The second-order valence-electron chi connectivity index (χ2n) is 6.07. The summed E-state index contributed by atoms with van der Waals surface area (Å²) >= 11 is 0. The van der Waals surface area contributed by atoms with Crippen LogP contribution >= 0.6 is 0 Å². The van der Waals surface area contributed by atoms with Crippen molar-refractivity contribution in [3.8, 4) is 22.6 Å². The summed E-state index contributed by atoms with van der Waals surface area (Å²) in [7, 11) is -1.32. The first kappa shape index (κ1) is 18.8. The molecule has 0 aliphatic rings. The fourth-order valence-corrected chi connectivity index (χ4v) is 4.27. The van der Waals surface area contributed by atoms with Crippen LogP contribution in [0, 0.1) is 0 Å². The van der Waals surface area contributed by atoms with Gasteiger partial charge in [-0.1, -0.05) is 41.6 Å². The molecule has 8 nitrogen and oxygen atoms in total. The quantitative estimate of drug-likeness (QED) is 0.516. The van der Waals surface area contributed by atoms with E-state index in [1.165, 1.54) is 26.4 Å². The molecule has 0 atom stereocenters. The third-order valence-electron chi connectivity index (χ3n) is 4.30. The van der Waals surface area contributed by atoms with E-state index in [2.05, 4.69) is 14.9 Å². The Hall–Kier alpha value is -3.59. The zero-order valence-electron chi connectivity index (χ0n) is 15.6. The van der Waals surface area contributed by atoms with Crippen molar-refractivity contribution >= 4 is 26.9 Å². The van der Waals surface area contributed by atoms with Crippen LogP contribution in [-0.2, 0) is 10.0 Å². The van der Waals surface area contributed by atoms with Crippen LogP contribution in [0.4, 0.5) is 5.82 Å². The standard InChI is InChI=1S/C20H17N3O5S/c1-26-15-9-6-10-16(27-2)19(15)29(24,25)23-20-18-17(28-22-20)11-14(12-21-18)13-7-4-3-5-8-13/h3-12H,1-2H3,(H,22,23). The molecule has 0 radical (unpaired) electrons. The smallest absolute Gasteiger partial charge is 0.270 e. The van der Waals surface area contributed by atoms with Gasteiger partial charge >= 0.3 is 0 Å². The summed E-state index contributed by atoms with van der Waals surface area (Å²) in [5, 5.41) is 3.84. The minimum Gasteiger partial charge on any atom is -0.495 e. The number of nitrogens with one attached hydrogen (secondary N) is 1. The number of anilines is 1. The van der Waals surface area contributed by atoms with Gasteiger partial charge in [0.15, 0.2) is 16.0 Å². The van der Waals surface area contributed by atoms with Gasteiger partial charge in [-0.25, -0.2) is 13.4 Å². The lowest BCUT2D eigenvalue weighted by Crippen LogP contribution is -2.15. The average molecular weight is 411 g/mol. The van der Waals surface area contributed by atoms with Gasteiger partial charge in [-0.15, -0.1) is 0 Å². The number of hydrogen-bond donors (Lipinski definition) is 1. The van der Waals surface area contributed by atoms with Gasteiger partial charge in [0.2, 0.25) is 5.82 Å². The van der Waals surface area contributed by atoms with Crippen molar-refractivity contribution in [2.24, 2.45) is 0 Å². The first-order valence-electron chi connectivity index (χ1n) is 8.58. The number of sulfonamides is 1. The molecule has 0 unspecified atom stereocenters. The maximum atomic E-state index is 13.0. The summed E-state index contributed by atoms with van der Waals surface area (Å²) in [6.07, 6.45) is 1.64. The minimum absolute atomic E-state index is 0.0208. The minimum atomic E-state index is -4.08. The molecule has 0 fully saturated rings. The van der Waals surface area contributed by atoms with Crippen molar-refractivity contribution in [1.82, 2.24) is 10.1 Å². The number of nitrogens with zero attached hydrogens (tertiary/aromatic N) is 2. The molecule has 4 aromatic rings. The molecule has 0 bridgehead atoms. The summed E-state index contributed by atoms with van der Waals surface area (Å²) < 4.78 is 44.1. The summed E-state index contributed by atoms with van der Waals surface area (Å²) in [4.78, 5) is 4.20. The first-order chi connectivity index (χ1) is 14.0. The van der Waals surface area contributed by atoms with E-state index in [1.54, 1.807) is 18.3 Å². The Labute approximate surface area is 167 Å². The van der Waals surface area contributed by atoms with Gasteiger partial charge in [-0.05, 0) is 23.8 Å². The predicted octanol–water partition coefficient (Wildman–Crippen LogP) is 3.71. The Kier molecular flexibility index (Phi) is 4.81. The van der Waals surface area contributed by atoms with Gasteiger partial charge in [0.25, 0.3) is 10.0 Å². The lowest BCUT2D eigenvalue weighted by atomic mass is 10.1. The van der Waals surface area contributed by atoms with Crippen molar-refractivity contribution in [2.75, 3.05) is 18.9 Å². The van der Waals surface area contributed by atoms with E-state index in [9.17, 15) is 8.42 Å². The molecule has 0 aliphatic heterocycles. The fourth-order valence-electron chi connectivity index (χ4n) is 2.95. The third kappa shape index (κ3) is 3.47. The SMILES string of the molecule is COc1cccc(OC)c1S(=O)(=O)Nc1noc2cc(-c3ccccc3)cnc12. The number of rotatable bonds is 6. The lowest BCUT2D eigenvalue weighted by molar-refractivity contribution is 0.373. The molecule has 148 valence electrons. The Morgan fingerprint density at radius 3 is 2.28 bits per heavy atom. The molecular weight excluding hydrogens is 394 g/mol. The van der Waals surface area contributed by atoms with Crippen LogP contribution in [0.2, 0.25) is 0 Å². The largest absolute Gasteiger partial charge is 0.495 e. The van der Waals surface area contributed by atoms with Crippen molar-refractivity contribution in [3.05, 3.63) is 60.8 Å². The van der Waals surface area contributed by atoms with Crippen molar-refractivity contribution in [3.63, 3.8) is 0 Å². The van der Waals surface area contributed by atoms with E-state index in [1.807, 2.05) is 30.3 Å². The molecule has 0 spiro atoms. The molecule has 2 heterocycles. The third-order valence-corrected chi connectivity index (χ3v) is 5.70. The normalized spacial score (nSPS) is 11.4. The number of pyridine rings is 1. The number of fused-ring (bicyclic) bond motifs is 1. The van der Waals surface area contributed by atoms with Crippen molar-refractivity contribution in [2.45, 2.75) is 4.90 Å². The van der Waals surface area contributed by atoms with Crippen LogP contribution in [0.1, 0.15) is 0 Å². The Morgan fingerprint density at radius 1 is 0.931 bits per heavy atom. The fraction of sp³-hybridized carbons (Fsp3) is 0.100. The topological polar surface area (TPSA) is 104 Å². The molecular formula is C20H17N3O5S. The highest BCUT2D eigenvalue weighted by Gasteiger charge is 2.27. The molecule has 2 aromatic heterocycles. The highest BCUT2D eigenvalue weighted by Crippen LogP contribution is 2.35. The van der Waals surface area contributed by atoms with Gasteiger partial charge in [-0.3, -0.25) is 4.72 Å². The van der Waals surface area contributed by atoms with Crippen LogP contribution in [0.5, 0.6) is 11.5 Å². The van der Waals surface area contributed by atoms with Gasteiger partial charge in [0.05, 0.1) is 14.2 Å². The van der Waals surface area contributed by atoms with E-state index in [-0.39, 0.29) is 22.2 Å². The Morgan fingerprint density at radius 2 is 1.62 bits per heavy atom. The van der Waals surface area contributed by atoms with Gasteiger partial charge in [-0.2, -0.15) is 0 Å². The molecule has 0 saturated heterocycles. The molecule has 2 aromatic carbocycles. The number of hydrogen-bond acceptors (Lipinski definition) is 7. The van der Waals surface area contributed by atoms with E-state index in [0.29, 0.717) is 11.1 Å². The monoisotopic (exact) mass is 411 g/mol. The number of methoxy groups -OCH3 is 2. The van der Waals surface area contributed by atoms with E-state index in [4.69, 9.17) is 14.0 Å². The number of aromatic nitrogens is 2. The molecule has 1 N–H and O–H groups in total. The zero-order valence-corrected chi connectivity index (χ0v) is 16.4. The van der Waals surface area contributed by atoms with Gasteiger partial charge in [0, 0.05) is 11.8 Å². The summed E-state index contributed by atoms with van der Waals surface area (Å²) in [6.45, 7) is 0. The number of benzene rings is 2. The van der Waals surface area contributed by atoms with Gasteiger partial charge in [0.1, 0.15) is 11.5 Å². The first-order valence-corrected chi connectivity index (χ1v) is 10.1. The van der Waals surface area contributed by atoms with E-state index in [0.717, 1.165) is 11.1 Å². The van der Waals surface area contributed by atoms with Crippen molar-refractivity contribution < 1.29 is 22.4 Å². The number of ether oxygens (including phenoxy) is 2. The van der Waals surface area contributed by atoms with Crippen molar-refractivity contribution in [1.29, 1.82) is 0 Å². The lowest BCUT2D eigenvalue weighted by Gasteiger charge is -2.13. The second kappa shape index (κ2) is 7.44. The van der Waals surface area contributed by atoms with Crippen LogP contribution in [0.3, 0.4) is 0 Å². The second-order valence-corrected chi connectivity index (χ2v) is 7.68. The average Bonchev–Trinajstić information content (AvgIpc) is 3.15. The predicted molar refractivity (Wildman–Crippen MR) is 108 cm³/mol. The van der Waals surface area contributed by atoms with Crippen LogP contribution < -0.4 is 14.2 Å². The van der Waals surface area contributed by atoms with Crippen LogP contribution in [0.15, 0.2) is 70.2 Å². The summed E-state index contributed by atoms with van der Waals surface area (Å²) in [5.41, 5.74) is 2.44. The van der Waals surface area contributed by atoms with E-state index < -0.39 is 10.0 Å². The molecule has 0 saturated carbocycles. The summed E-state index contributed by atoms with van der Waals surface area (Å²) in [5.74, 6) is 0.264. The molecule has 0 amide bonds. The van der Waals surface area contributed by atoms with Gasteiger partial charge < -0.3 is 14.0 Å². The van der Waals surface area contributed by atoms with Crippen LogP contribution in [0.25, 0.3) is 22.2 Å². The van der Waals surface area contributed by atoms with Crippen LogP contribution in [-0.4, -0.2) is 32.8 Å². The highest BCUT2D eigenvalue weighted by molar-refractivity contribution is 7.93. The molecule has 9 heteroatoms. The molecule has 29 heavy (non-hydrogen) atoms.